The fraction of sp³-hybridized carbons (Fsp3) is 1.00. The van der Waals surface area contributed by atoms with Gasteiger partial charge in [-0.3, -0.25) is 5.32 Å². The second-order valence-electron chi connectivity index (χ2n) is 2.81. The van der Waals surface area contributed by atoms with Gasteiger partial charge in [-0.1, -0.05) is 6.92 Å². The lowest BCUT2D eigenvalue weighted by molar-refractivity contribution is 0.0129. The molecule has 1 aliphatic heterocycles. The summed E-state index contributed by atoms with van der Waals surface area (Å²) in [5, 5.41) is 3.33. The first-order chi connectivity index (χ1) is 4.93. The molecule has 1 saturated heterocycles. The SMILES string of the molecule is CCCOC1CCCCN1. The maximum atomic E-state index is 5.52. The third-order valence-electron chi connectivity index (χ3n) is 1.79. The summed E-state index contributed by atoms with van der Waals surface area (Å²) in [7, 11) is 0. The summed E-state index contributed by atoms with van der Waals surface area (Å²) in [5.74, 6) is 0. The zero-order chi connectivity index (χ0) is 7.23. The van der Waals surface area contributed by atoms with Gasteiger partial charge in [0.05, 0.1) is 0 Å². The van der Waals surface area contributed by atoms with Crippen molar-refractivity contribution in [1.82, 2.24) is 5.32 Å². The quantitative estimate of drug-likeness (QED) is 0.646. The summed E-state index contributed by atoms with van der Waals surface area (Å²) in [4.78, 5) is 0. The van der Waals surface area contributed by atoms with Crippen LogP contribution in [0.1, 0.15) is 32.6 Å². The highest BCUT2D eigenvalue weighted by molar-refractivity contribution is 4.62. The van der Waals surface area contributed by atoms with Gasteiger partial charge in [-0.05, 0) is 32.2 Å². The van der Waals surface area contributed by atoms with E-state index in [1.807, 2.05) is 0 Å². The summed E-state index contributed by atoms with van der Waals surface area (Å²) in [6, 6.07) is 0. The number of ether oxygens (including phenoxy) is 1. The molecule has 10 heavy (non-hydrogen) atoms. The van der Waals surface area contributed by atoms with Crippen molar-refractivity contribution in [2.24, 2.45) is 0 Å². The second kappa shape index (κ2) is 4.69. The van der Waals surface area contributed by atoms with E-state index < -0.39 is 0 Å². The van der Waals surface area contributed by atoms with Crippen LogP contribution in [-0.4, -0.2) is 19.4 Å². The van der Waals surface area contributed by atoms with Crippen molar-refractivity contribution in [3.63, 3.8) is 0 Å². The number of piperidine rings is 1. The standard InChI is InChI=1S/C8H17NO/c1-2-7-10-8-5-3-4-6-9-8/h8-9H,2-7H2,1H3. The van der Waals surface area contributed by atoms with Crippen LogP contribution in [0.5, 0.6) is 0 Å². The third-order valence-corrected chi connectivity index (χ3v) is 1.79. The molecule has 2 heteroatoms. The molecule has 0 radical (unpaired) electrons. The van der Waals surface area contributed by atoms with Crippen LogP contribution in [-0.2, 0) is 4.74 Å². The normalized spacial score (nSPS) is 26.7. The number of rotatable bonds is 3. The fourth-order valence-corrected chi connectivity index (χ4v) is 1.22. The molecule has 0 saturated carbocycles. The van der Waals surface area contributed by atoms with Crippen molar-refractivity contribution in [2.75, 3.05) is 13.2 Å². The zero-order valence-corrected chi connectivity index (χ0v) is 6.73. The maximum absolute atomic E-state index is 5.52. The fourth-order valence-electron chi connectivity index (χ4n) is 1.22. The van der Waals surface area contributed by atoms with Crippen molar-refractivity contribution in [3.8, 4) is 0 Å². The topological polar surface area (TPSA) is 21.3 Å². The zero-order valence-electron chi connectivity index (χ0n) is 6.73. The Morgan fingerprint density at radius 3 is 3.00 bits per heavy atom. The third kappa shape index (κ3) is 2.67. The largest absolute Gasteiger partial charge is 0.363 e. The minimum atomic E-state index is 0.355. The van der Waals surface area contributed by atoms with Gasteiger partial charge in [-0.25, -0.2) is 0 Å². The molecule has 1 atom stereocenters. The Morgan fingerprint density at radius 2 is 2.40 bits per heavy atom. The van der Waals surface area contributed by atoms with Gasteiger partial charge < -0.3 is 4.74 Å². The monoisotopic (exact) mass is 143 g/mol. The molecule has 0 aliphatic carbocycles. The van der Waals surface area contributed by atoms with Gasteiger partial charge in [0.2, 0.25) is 0 Å². The Morgan fingerprint density at radius 1 is 1.50 bits per heavy atom. The van der Waals surface area contributed by atoms with E-state index in [9.17, 15) is 0 Å². The van der Waals surface area contributed by atoms with Crippen molar-refractivity contribution < 1.29 is 4.74 Å². The van der Waals surface area contributed by atoms with Crippen LogP contribution in [0.15, 0.2) is 0 Å². The van der Waals surface area contributed by atoms with E-state index in [0.29, 0.717) is 6.23 Å². The molecule has 1 heterocycles. The smallest absolute Gasteiger partial charge is 0.108 e. The van der Waals surface area contributed by atoms with Gasteiger partial charge in [0.25, 0.3) is 0 Å². The van der Waals surface area contributed by atoms with Crippen molar-refractivity contribution in [3.05, 3.63) is 0 Å². The molecule has 2 nitrogen and oxygen atoms in total. The average molecular weight is 143 g/mol. The molecular formula is C8H17NO. The van der Waals surface area contributed by atoms with Crippen LogP contribution in [0.4, 0.5) is 0 Å². The van der Waals surface area contributed by atoms with E-state index in [0.717, 1.165) is 19.6 Å². The first-order valence-corrected chi connectivity index (χ1v) is 4.28. The number of nitrogens with one attached hydrogen (secondary N) is 1. The van der Waals surface area contributed by atoms with Crippen molar-refractivity contribution in [1.29, 1.82) is 0 Å². The van der Waals surface area contributed by atoms with E-state index in [-0.39, 0.29) is 0 Å². The average Bonchev–Trinajstić information content (AvgIpc) is 2.03. The highest BCUT2D eigenvalue weighted by Crippen LogP contribution is 2.07. The van der Waals surface area contributed by atoms with Crippen LogP contribution in [0.3, 0.4) is 0 Å². The van der Waals surface area contributed by atoms with E-state index in [1.54, 1.807) is 0 Å². The van der Waals surface area contributed by atoms with Crippen LogP contribution in [0, 0.1) is 0 Å². The van der Waals surface area contributed by atoms with Crippen LogP contribution < -0.4 is 5.32 Å². The lowest BCUT2D eigenvalue weighted by Gasteiger charge is -2.23. The predicted octanol–water partition coefficient (Wildman–Crippen LogP) is 1.51. The number of hydrogen-bond acceptors (Lipinski definition) is 2. The van der Waals surface area contributed by atoms with Gasteiger partial charge in [0, 0.05) is 6.61 Å². The number of hydrogen-bond donors (Lipinski definition) is 1. The van der Waals surface area contributed by atoms with Crippen molar-refractivity contribution >= 4 is 0 Å². The van der Waals surface area contributed by atoms with Gasteiger partial charge >= 0.3 is 0 Å². The molecule has 0 spiro atoms. The molecule has 60 valence electrons. The Kier molecular flexibility index (Phi) is 3.76. The first kappa shape index (κ1) is 8.02. The maximum Gasteiger partial charge on any atom is 0.108 e. The molecule has 1 aliphatic rings. The van der Waals surface area contributed by atoms with Gasteiger partial charge in [-0.2, -0.15) is 0 Å². The van der Waals surface area contributed by atoms with E-state index in [4.69, 9.17) is 4.74 Å². The molecule has 1 fully saturated rings. The van der Waals surface area contributed by atoms with Crippen LogP contribution in [0.2, 0.25) is 0 Å². The van der Waals surface area contributed by atoms with Crippen molar-refractivity contribution in [2.45, 2.75) is 38.8 Å². The van der Waals surface area contributed by atoms with Crippen LogP contribution >= 0.6 is 0 Å². The summed E-state index contributed by atoms with van der Waals surface area (Å²) >= 11 is 0. The molecule has 1 N–H and O–H groups in total. The second-order valence-corrected chi connectivity index (χ2v) is 2.81. The molecule has 0 amide bonds. The minimum absolute atomic E-state index is 0.355. The highest BCUT2D eigenvalue weighted by atomic mass is 16.5. The lowest BCUT2D eigenvalue weighted by Crippen LogP contribution is -2.36. The van der Waals surface area contributed by atoms with E-state index in [1.165, 1.54) is 19.3 Å². The van der Waals surface area contributed by atoms with Gasteiger partial charge in [-0.15, -0.1) is 0 Å². The van der Waals surface area contributed by atoms with Crippen LogP contribution in [0.25, 0.3) is 0 Å². The molecule has 0 bridgehead atoms. The molecule has 0 aromatic heterocycles. The summed E-state index contributed by atoms with van der Waals surface area (Å²) < 4.78 is 5.52. The molecular weight excluding hydrogens is 126 g/mol. The Bertz CT molecular complexity index is 79.3. The summed E-state index contributed by atoms with van der Waals surface area (Å²) in [6.45, 7) is 4.18. The highest BCUT2D eigenvalue weighted by Gasteiger charge is 2.10. The Balaban J connectivity index is 2.02. The summed E-state index contributed by atoms with van der Waals surface area (Å²) in [6.07, 6.45) is 5.31. The lowest BCUT2D eigenvalue weighted by atomic mass is 10.1. The Hall–Kier alpha value is -0.0800. The van der Waals surface area contributed by atoms with Gasteiger partial charge in [0.1, 0.15) is 6.23 Å². The molecule has 1 rings (SSSR count). The predicted molar refractivity (Wildman–Crippen MR) is 41.9 cm³/mol. The van der Waals surface area contributed by atoms with E-state index >= 15 is 0 Å². The first-order valence-electron chi connectivity index (χ1n) is 4.28. The molecule has 0 aromatic carbocycles. The Labute approximate surface area is 63.0 Å². The minimum Gasteiger partial charge on any atom is -0.363 e. The molecule has 1 unspecified atom stereocenters. The van der Waals surface area contributed by atoms with E-state index in [2.05, 4.69) is 12.2 Å². The summed E-state index contributed by atoms with van der Waals surface area (Å²) in [5.41, 5.74) is 0. The molecule has 0 aromatic rings. The van der Waals surface area contributed by atoms with Gasteiger partial charge in [0.15, 0.2) is 0 Å².